The van der Waals surface area contributed by atoms with Gasteiger partial charge >= 0.3 is 0 Å². The molecular weight excluding hydrogens is 238 g/mol. The molecule has 0 aliphatic rings. The Hall–Kier alpha value is -1.91. The van der Waals surface area contributed by atoms with Crippen LogP contribution in [-0.2, 0) is 0 Å². The Labute approximate surface area is 113 Å². The fourth-order valence-corrected chi connectivity index (χ4v) is 2.06. The number of ether oxygens (including phenoxy) is 1. The van der Waals surface area contributed by atoms with Crippen molar-refractivity contribution in [3.8, 4) is 5.75 Å². The summed E-state index contributed by atoms with van der Waals surface area (Å²) < 4.78 is 5.65. The molecule has 1 unspecified atom stereocenters. The van der Waals surface area contributed by atoms with Crippen LogP contribution >= 0.6 is 0 Å². The van der Waals surface area contributed by atoms with E-state index in [0.717, 1.165) is 22.6 Å². The minimum atomic E-state index is -0.178. The minimum Gasteiger partial charge on any atom is -0.494 e. The second-order valence-corrected chi connectivity index (χ2v) is 4.33. The van der Waals surface area contributed by atoms with Gasteiger partial charge in [0.1, 0.15) is 5.75 Å². The van der Waals surface area contributed by atoms with Gasteiger partial charge in [-0.3, -0.25) is 10.8 Å². The molecule has 1 atom stereocenters. The molecule has 1 heterocycles. The molecule has 19 heavy (non-hydrogen) atoms. The maximum absolute atomic E-state index is 5.71. The highest BCUT2D eigenvalue weighted by molar-refractivity contribution is 5.40. The quantitative estimate of drug-likeness (QED) is 0.637. The summed E-state index contributed by atoms with van der Waals surface area (Å²) in [6, 6.07) is 11.7. The summed E-state index contributed by atoms with van der Waals surface area (Å²) in [6.07, 6.45) is 1.79. The molecule has 0 bridgehead atoms. The van der Waals surface area contributed by atoms with Gasteiger partial charge in [-0.15, -0.1) is 0 Å². The highest BCUT2D eigenvalue weighted by atomic mass is 16.5. The van der Waals surface area contributed by atoms with Gasteiger partial charge in [-0.1, -0.05) is 18.2 Å². The standard InChI is InChI=1S/C15H19N3O/c1-3-19-14-7-5-4-6-12(14)15(18-16)13-10-11(2)8-9-17-13/h4-10,15,18H,3,16H2,1-2H3. The molecule has 0 aliphatic heterocycles. The number of nitrogens with two attached hydrogens (primary N) is 1. The van der Waals surface area contributed by atoms with E-state index in [1.54, 1.807) is 6.20 Å². The third-order valence-corrected chi connectivity index (χ3v) is 2.93. The summed E-state index contributed by atoms with van der Waals surface area (Å²) >= 11 is 0. The van der Waals surface area contributed by atoms with Crippen molar-refractivity contribution in [3.63, 3.8) is 0 Å². The first-order valence-corrected chi connectivity index (χ1v) is 6.36. The molecule has 2 aromatic rings. The van der Waals surface area contributed by atoms with Crippen LogP contribution in [0.3, 0.4) is 0 Å². The molecule has 0 spiro atoms. The van der Waals surface area contributed by atoms with E-state index >= 15 is 0 Å². The molecule has 0 saturated heterocycles. The van der Waals surface area contributed by atoms with E-state index in [-0.39, 0.29) is 6.04 Å². The van der Waals surface area contributed by atoms with Crippen LogP contribution in [0.25, 0.3) is 0 Å². The van der Waals surface area contributed by atoms with Crippen molar-refractivity contribution >= 4 is 0 Å². The Morgan fingerprint density at radius 1 is 1.32 bits per heavy atom. The van der Waals surface area contributed by atoms with Crippen LogP contribution in [0.15, 0.2) is 42.6 Å². The predicted molar refractivity (Wildman–Crippen MR) is 75.8 cm³/mol. The molecule has 0 amide bonds. The summed E-state index contributed by atoms with van der Waals surface area (Å²) in [4.78, 5) is 4.39. The van der Waals surface area contributed by atoms with Crippen LogP contribution in [-0.4, -0.2) is 11.6 Å². The van der Waals surface area contributed by atoms with Crippen molar-refractivity contribution in [1.29, 1.82) is 0 Å². The lowest BCUT2D eigenvalue weighted by molar-refractivity contribution is 0.333. The van der Waals surface area contributed by atoms with Gasteiger partial charge < -0.3 is 4.74 Å². The van der Waals surface area contributed by atoms with E-state index in [0.29, 0.717) is 6.61 Å². The highest BCUT2D eigenvalue weighted by Gasteiger charge is 2.17. The van der Waals surface area contributed by atoms with E-state index in [4.69, 9.17) is 10.6 Å². The third kappa shape index (κ3) is 3.10. The van der Waals surface area contributed by atoms with Gasteiger partial charge in [0.25, 0.3) is 0 Å². The molecule has 100 valence electrons. The fraction of sp³-hybridized carbons (Fsp3) is 0.267. The highest BCUT2D eigenvalue weighted by Crippen LogP contribution is 2.28. The van der Waals surface area contributed by atoms with Crippen molar-refractivity contribution in [2.24, 2.45) is 5.84 Å². The first kappa shape index (κ1) is 13.5. The molecule has 4 nitrogen and oxygen atoms in total. The van der Waals surface area contributed by atoms with E-state index in [9.17, 15) is 0 Å². The molecule has 0 fully saturated rings. The lowest BCUT2D eigenvalue weighted by Crippen LogP contribution is -2.30. The number of para-hydroxylation sites is 1. The van der Waals surface area contributed by atoms with Crippen molar-refractivity contribution in [2.75, 3.05) is 6.61 Å². The number of nitrogens with zero attached hydrogens (tertiary/aromatic N) is 1. The molecule has 2 rings (SSSR count). The summed E-state index contributed by atoms with van der Waals surface area (Å²) in [5, 5.41) is 0. The normalized spacial score (nSPS) is 12.2. The average molecular weight is 257 g/mol. The summed E-state index contributed by atoms with van der Waals surface area (Å²) in [5.41, 5.74) is 5.84. The van der Waals surface area contributed by atoms with Crippen molar-refractivity contribution in [2.45, 2.75) is 19.9 Å². The van der Waals surface area contributed by atoms with Gasteiger partial charge in [0.15, 0.2) is 0 Å². The SMILES string of the molecule is CCOc1ccccc1C(NN)c1cc(C)ccn1. The van der Waals surface area contributed by atoms with Gasteiger partial charge in [0, 0.05) is 11.8 Å². The Morgan fingerprint density at radius 3 is 2.79 bits per heavy atom. The second kappa shape index (κ2) is 6.31. The molecular formula is C15H19N3O. The number of pyridine rings is 1. The zero-order valence-corrected chi connectivity index (χ0v) is 11.3. The van der Waals surface area contributed by atoms with Gasteiger partial charge in [-0.05, 0) is 37.6 Å². The molecule has 1 aromatic carbocycles. The number of rotatable bonds is 5. The van der Waals surface area contributed by atoms with Crippen LogP contribution in [0.4, 0.5) is 0 Å². The van der Waals surface area contributed by atoms with Gasteiger partial charge in [0.05, 0.1) is 18.3 Å². The number of hydrazine groups is 1. The van der Waals surface area contributed by atoms with Crippen LogP contribution < -0.4 is 16.0 Å². The van der Waals surface area contributed by atoms with Crippen LogP contribution in [0.1, 0.15) is 29.8 Å². The first-order chi connectivity index (χ1) is 9.26. The van der Waals surface area contributed by atoms with Gasteiger partial charge in [-0.25, -0.2) is 5.43 Å². The molecule has 0 saturated carbocycles. The molecule has 3 N–H and O–H groups in total. The summed E-state index contributed by atoms with van der Waals surface area (Å²) in [6.45, 7) is 4.62. The van der Waals surface area contributed by atoms with Crippen molar-refractivity contribution in [3.05, 3.63) is 59.4 Å². The number of aryl methyl sites for hydroxylation is 1. The lowest BCUT2D eigenvalue weighted by atomic mass is 10.0. The van der Waals surface area contributed by atoms with Gasteiger partial charge in [0.2, 0.25) is 0 Å². The van der Waals surface area contributed by atoms with Crippen LogP contribution in [0.2, 0.25) is 0 Å². The average Bonchev–Trinajstić information content (AvgIpc) is 2.42. The van der Waals surface area contributed by atoms with Crippen LogP contribution in [0, 0.1) is 6.92 Å². The zero-order chi connectivity index (χ0) is 13.7. The molecule has 1 aromatic heterocycles. The number of aromatic nitrogens is 1. The Morgan fingerprint density at radius 2 is 2.11 bits per heavy atom. The Balaban J connectivity index is 2.42. The number of hydrogen-bond donors (Lipinski definition) is 2. The third-order valence-electron chi connectivity index (χ3n) is 2.93. The Kier molecular flexibility index (Phi) is 4.49. The lowest BCUT2D eigenvalue weighted by Gasteiger charge is -2.19. The molecule has 4 heteroatoms. The number of nitrogens with one attached hydrogen (secondary N) is 1. The van der Waals surface area contributed by atoms with E-state index in [2.05, 4.69) is 10.4 Å². The Bertz CT molecular complexity index is 542. The monoisotopic (exact) mass is 257 g/mol. The number of benzene rings is 1. The van der Waals surface area contributed by atoms with E-state index in [1.807, 2.05) is 50.2 Å². The number of hydrogen-bond acceptors (Lipinski definition) is 4. The smallest absolute Gasteiger partial charge is 0.124 e. The van der Waals surface area contributed by atoms with Crippen LogP contribution in [0.5, 0.6) is 5.75 Å². The predicted octanol–water partition coefficient (Wildman–Crippen LogP) is 2.34. The second-order valence-electron chi connectivity index (χ2n) is 4.33. The largest absolute Gasteiger partial charge is 0.494 e. The fourth-order valence-electron chi connectivity index (χ4n) is 2.06. The first-order valence-electron chi connectivity index (χ1n) is 6.36. The van der Waals surface area contributed by atoms with Crippen molar-refractivity contribution < 1.29 is 4.74 Å². The van der Waals surface area contributed by atoms with Gasteiger partial charge in [-0.2, -0.15) is 0 Å². The molecule has 0 radical (unpaired) electrons. The topological polar surface area (TPSA) is 60.2 Å². The minimum absolute atomic E-state index is 0.178. The summed E-state index contributed by atoms with van der Waals surface area (Å²) in [5.74, 6) is 6.54. The van der Waals surface area contributed by atoms with E-state index < -0.39 is 0 Å². The molecule has 0 aliphatic carbocycles. The maximum atomic E-state index is 5.71. The summed E-state index contributed by atoms with van der Waals surface area (Å²) in [7, 11) is 0. The maximum Gasteiger partial charge on any atom is 0.124 e. The van der Waals surface area contributed by atoms with Crippen molar-refractivity contribution in [1.82, 2.24) is 10.4 Å². The zero-order valence-electron chi connectivity index (χ0n) is 11.3. The van der Waals surface area contributed by atoms with E-state index in [1.165, 1.54) is 0 Å².